The average molecular weight is 416 g/mol. The SMILES string of the molecule is CC(CO)Nc1ncc(C(F)(F)F)c(-c2n[nH]c3c(Br)cccc23)n1. The quantitative estimate of drug-likeness (QED) is 0.605. The number of nitrogens with zero attached hydrogens (tertiary/aromatic N) is 3. The van der Waals surface area contributed by atoms with Crippen molar-refractivity contribution in [3.63, 3.8) is 0 Å². The van der Waals surface area contributed by atoms with Gasteiger partial charge in [-0.2, -0.15) is 18.3 Å². The number of hydrogen-bond donors (Lipinski definition) is 3. The van der Waals surface area contributed by atoms with Crippen LogP contribution in [-0.2, 0) is 6.18 Å². The minimum absolute atomic E-state index is 0.0179. The first-order valence-corrected chi connectivity index (χ1v) is 8.05. The monoisotopic (exact) mass is 415 g/mol. The molecule has 6 nitrogen and oxygen atoms in total. The summed E-state index contributed by atoms with van der Waals surface area (Å²) in [5.74, 6) is -0.0179. The number of fused-ring (bicyclic) bond motifs is 1. The number of alkyl halides is 3. The highest BCUT2D eigenvalue weighted by Crippen LogP contribution is 2.38. The standard InChI is InChI=1S/C15H13BrF3N5O/c1-7(6-25)21-14-20-5-9(15(17,18)19)13(22-14)12-8-3-2-4-10(16)11(8)23-24-12/h2-5,7,25H,6H2,1H3,(H,23,24)(H,20,21,22). The Morgan fingerprint density at radius 1 is 1.32 bits per heavy atom. The van der Waals surface area contributed by atoms with E-state index in [4.69, 9.17) is 5.11 Å². The number of nitrogens with one attached hydrogen (secondary N) is 2. The first-order valence-electron chi connectivity index (χ1n) is 7.26. The van der Waals surface area contributed by atoms with Gasteiger partial charge in [-0.05, 0) is 28.9 Å². The summed E-state index contributed by atoms with van der Waals surface area (Å²) in [6.45, 7) is 1.44. The molecule has 0 saturated carbocycles. The molecule has 3 rings (SSSR count). The second-order valence-electron chi connectivity index (χ2n) is 5.42. The van der Waals surface area contributed by atoms with Crippen molar-refractivity contribution in [3.8, 4) is 11.4 Å². The molecule has 1 aromatic carbocycles. The number of aromatic amines is 1. The molecular formula is C15H13BrF3N5O. The van der Waals surface area contributed by atoms with E-state index in [2.05, 4.69) is 41.4 Å². The molecule has 132 valence electrons. The maximum Gasteiger partial charge on any atom is 0.420 e. The van der Waals surface area contributed by atoms with E-state index in [9.17, 15) is 13.2 Å². The Kier molecular flexibility index (Phi) is 4.65. The van der Waals surface area contributed by atoms with Gasteiger partial charge in [0.25, 0.3) is 0 Å². The van der Waals surface area contributed by atoms with Gasteiger partial charge in [0.15, 0.2) is 0 Å². The van der Waals surface area contributed by atoms with E-state index in [0.29, 0.717) is 21.6 Å². The molecule has 0 aliphatic heterocycles. The number of aliphatic hydroxyl groups excluding tert-OH is 1. The van der Waals surface area contributed by atoms with Crippen LogP contribution in [0.2, 0.25) is 0 Å². The van der Waals surface area contributed by atoms with Gasteiger partial charge in [0.2, 0.25) is 5.95 Å². The lowest BCUT2D eigenvalue weighted by atomic mass is 10.1. The third-order valence-corrected chi connectivity index (χ3v) is 4.18. The molecule has 2 heterocycles. The number of aliphatic hydroxyl groups is 1. The lowest BCUT2D eigenvalue weighted by Crippen LogP contribution is -2.21. The third-order valence-electron chi connectivity index (χ3n) is 3.52. The summed E-state index contributed by atoms with van der Waals surface area (Å²) < 4.78 is 40.9. The molecule has 0 amide bonds. The van der Waals surface area contributed by atoms with Gasteiger partial charge in [-0.25, -0.2) is 9.97 Å². The number of aromatic nitrogens is 4. The van der Waals surface area contributed by atoms with E-state index < -0.39 is 17.8 Å². The summed E-state index contributed by atoms with van der Waals surface area (Å²) in [7, 11) is 0. The zero-order chi connectivity index (χ0) is 18.2. The number of para-hydroxylation sites is 1. The van der Waals surface area contributed by atoms with E-state index in [1.165, 1.54) is 0 Å². The predicted octanol–water partition coefficient (Wildman–Crippen LogP) is 3.59. The minimum atomic E-state index is -4.63. The Hall–Kier alpha value is -2.20. The summed E-state index contributed by atoms with van der Waals surface area (Å²) in [5, 5.41) is 19.1. The van der Waals surface area contributed by atoms with Crippen LogP contribution in [0.4, 0.5) is 19.1 Å². The van der Waals surface area contributed by atoms with Crippen LogP contribution >= 0.6 is 15.9 Å². The van der Waals surface area contributed by atoms with Crippen LogP contribution in [0, 0.1) is 0 Å². The highest BCUT2D eigenvalue weighted by Gasteiger charge is 2.36. The highest BCUT2D eigenvalue weighted by molar-refractivity contribution is 9.10. The van der Waals surface area contributed by atoms with Gasteiger partial charge in [-0.15, -0.1) is 0 Å². The van der Waals surface area contributed by atoms with Crippen LogP contribution in [0.15, 0.2) is 28.9 Å². The fraction of sp³-hybridized carbons (Fsp3) is 0.267. The molecule has 25 heavy (non-hydrogen) atoms. The van der Waals surface area contributed by atoms with E-state index in [0.717, 1.165) is 0 Å². The summed E-state index contributed by atoms with van der Waals surface area (Å²) in [6.07, 6.45) is -3.92. The van der Waals surface area contributed by atoms with E-state index in [-0.39, 0.29) is 23.9 Å². The van der Waals surface area contributed by atoms with Gasteiger partial charge in [-0.3, -0.25) is 5.10 Å². The van der Waals surface area contributed by atoms with E-state index in [1.54, 1.807) is 25.1 Å². The van der Waals surface area contributed by atoms with Crippen molar-refractivity contribution in [2.75, 3.05) is 11.9 Å². The topological polar surface area (TPSA) is 86.7 Å². The lowest BCUT2D eigenvalue weighted by Gasteiger charge is -2.14. The first kappa shape index (κ1) is 17.6. The third kappa shape index (κ3) is 3.45. The minimum Gasteiger partial charge on any atom is -0.394 e. The molecule has 2 aromatic heterocycles. The number of halogens is 4. The molecule has 0 radical (unpaired) electrons. The highest BCUT2D eigenvalue weighted by atomic mass is 79.9. The number of benzene rings is 1. The Balaban J connectivity index is 2.20. The molecule has 3 aromatic rings. The summed E-state index contributed by atoms with van der Waals surface area (Å²) >= 11 is 3.33. The Bertz CT molecular complexity index is 912. The molecule has 0 aliphatic rings. The van der Waals surface area contributed by atoms with Crippen LogP contribution in [-0.4, -0.2) is 37.9 Å². The number of hydrogen-bond acceptors (Lipinski definition) is 5. The van der Waals surface area contributed by atoms with Crippen LogP contribution in [0.3, 0.4) is 0 Å². The predicted molar refractivity (Wildman–Crippen MR) is 90.0 cm³/mol. The summed E-state index contributed by atoms with van der Waals surface area (Å²) in [6, 6.07) is 4.71. The molecule has 10 heteroatoms. The zero-order valence-electron chi connectivity index (χ0n) is 12.9. The van der Waals surface area contributed by atoms with Gasteiger partial charge in [0, 0.05) is 22.1 Å². The van der Waals surface area contributed by atoms with Crippen LogP contribution < -0.4 is 5.32 Å². The van der Waals surface area contributed by atoms with E-state index in [1.807, 2.05) is 0 Å². The van der Waals surface area contributed by atoms with Gasteiger partial charge in [-0.1, -0.05) is 12.1 Å². The van der Waals surface area contributed by atoms with Crippen molar-refractivity contribution in [1.82, 2.24) is 20.2 Å². The smallest absolute Gasteiger partial charge is 0.394 e. The second kappa shape index (κ2) is 6.60. The average Bonchev–Trinajstić information content (AvgIpc) is 2.99. The molecule has 0 bridgehead atoms. The molecule has 0 aliphatic carbocycles. The number of rotatable bonds is 4. The molecular weight excluding hydrogens is 403 g/mol. The van der Waals surface area contributed by atoms with Crippen LogP contribution in [0.1, 0.15) is 12.5 Å². The van der Waals surface area contributed by atoms with Crippen LogP contribution in [0.5, 0.6) is 0 Å². The Labute approximate surface area is 148 Å². The largest absolute Gasteiger partial charge is 0.420 e. The maximum atomic E-state index is 13.4. The number of anilines is 1. The normalized spacial score (nSPS) is 13.2. The molecule has 0 fully saturated rings. The summed E-state index contributed by atoms with van der Waals surface area (Å²) in [5.41, 5.74) is -0.671. The Morgan fingerprint density at radius 2 is 2.08 bits per heavy atom. The zero-order valence-corrected chi connectivity index (χ0v) is 14.5. The molecule has 3 N–H and O–H groups in total. The molecule has 0 saturated heterocycles. The Morgan fingerprint density at radius 3 is 2.76 bits per heavy atom. The van der Waals surface area contributed by atoms with Crippen molar-refractivity contribution in [2.24, 2.45) is 0 Å². The van der Waals surface area contributed by atoms with Gasteiger partial charge in [0.05, 0.1) is 12.1 Å². The lowest BCUT2D eigenvalue weighted by molar-refractivity contribution is -0.137. The second-order valence-corrected chi connectivity index (χ2v) is 6.27. The first-order chi connectivity index (χ1) is 11.8. The van der Waals surface area contributed by atoms with Gasteiger partial charge in [0.1, 0.15) is 17.0 Å². The van der Waals surface area contributed by atoms with Crippen molar-refractivity contribution in [2.45, 2.75) is 19.1 Å². The van der Waals surface area contributed by atoms with Crippen molar-refractivity contribution in [3.05, 3.63) is 34.4 Å². The van der Waals surface area contributed by atoms with Crippen LogP contribution in [0.25, 0.3) is 22.3 Å². The summed E-state index contributed by atoms with van der Waals surface area (Å²) in [4.78, 5) is 7.70. The van der Waals surface area contributed by atoms with Crippen molar-refractivity contribution >= 4 is 32.8 Å². The number of H-pyrrole nitrogens is 1. The molecule has 0 spiro atoms. The van der Waals surface area contributed by atoms with Crippen molar-refractivity contribution < 1.29 is 18.3 Å². The van der Waals surface area contributed by atoms with Gasteiger partial charge >= 0.3 is 6.18 Å². The van der Waals surface area contributed by atoms with Crippen molar-refractivity contribution in [1.29, 1.82) is 0 Å². The van der Waals surface area contributed by atoms with E-state index >= 15 is 0 Å². The fourth-order valence-corrected chi connectivity index (χ4v) is 2.75. The molecule has 1 atom stereocenters. The van der Waals surface area contributed by atoms with Gasteiger partial charge < -0.3 is 10.4 Å². The molecule has 1 unspecified atom stereocenters. The fourth-order valence-electron chi connectivity index (χ4n) is 2.29. The maximum absolute atomic E-state index is 13.4.